The predicted molar refractivity (Wildman–Crippen MR) is 230 cm³/mol. The number of carbonyl (C=O) groups is 7. The lowest BCUT2D eigenvalue weighted by atomic mass is 10.0. The van der Waals surface area contributed by atoms with E-state index in [1.807, 2.05) is 24.3 Å². The Kier molecular flexibility index (Phi) is 16.8. The van der Waals surface area contributed by atoms with Crippen LogP contribution in [-0.4, -0.2) is 118 Å². The molecule has 2 fully saturated rings. The molecule has 3 heterocycles. The third-order valence-corrected chi connectivity index (χ3v) is 11.3. The highest BCUT2D eigenvalue weighted by Gasteiger charge is 2.42. The van der Waals surface area contributed by atoms with Gasteiger partial charge in [0.25, 0.3) is 0 Å². The minimum absolute atomic E-state index is 0.00647. The number of guanidine groups is 1. The number of aliphatic hydroxyl groups excluding tert-OH is 1. The summed E-state index contributed by atoms with van der Waals surface area (Å²) in [6, 6.07) is 10.2. The van der Waals surface area contributed by atoms with E-state index in [9.17, 15) is 38.7 Å². The number of aromatic amines is 1. The largest absolute Gasteiger partial charge is 0.391 e. The standard InChI is InChI=1S/C43H59N11O8/c1-25-16-17-36(56)47-18-8-7-14-31(37(44)57)50-40(60)34(21-27-23-49-30-13-6-5-12-29(27)30)52-38(58)32(15-9-19-48-43(45)46)51-39(59)33(20-26-10-3-2-4-11-26)53-41(61)35-22-28(55)24-54(35)42(25)62/h2-6,10-13,23,25,28,31-35,49,55H,7-9,14-22,24H2,1H3,(H2,44,57)(H,47,56)(H,50,60)(H,51,59)(H,52,58)(H,53,61)(H4,45,46,48)/t25-,28+,31-,32-,33+,34-,35-/m0/s1. The molecule has 2 aliphatic rings. The van der Waals surface area contributed by atoms with E-state index in [0.717, 1.165) is 10.9 Å². The van der Waals surface area contributed by atoms with E-state index < -0.39 is 77.7 Å². The number of nitrogens with zero attached hydrogens (tertiary/aromatic N) is 1. The van der Waals surface area contributed by atoms with Gasteiger partial charge < -0.3 is 58.4 Å². The molecule has 0 spiro atoms. The summed E-state index contributed by atoms with van der Waals surface area (Å²) in [5.41, 5.74) is 13.4. The van der Waals surface area contributed by atoms with Crippen LogP contribution in [0.2, 0.25) is 0 Å². The third kappa shape index (κ3) is 13.2. The van der Waals surface area contributed by atoms with E-state index in [4.69, 9.17) is 16.9 Å². The van der Waals surface area contributed by atoms with Gasteiger partial charge in [0.15, 0.2) is 5.96 Å². The molecule has 3 aromatic rings. The predicted octanol–water partition coefficient (Wildman–Crippen LogP) is -0.681. The molecule has 0 unspecified atom stereocenters. The van der Waals surface area contributed by atoms with Crippen LogP contribution < -0.4 is 43.4 Å². The molecule has 2 aliphatic heterocycles. The number of hydrogen-bond donors (Lipinski definition) is 11. The summed E-state index contributed by atoms with van der Waals surface area (Å²) in [5.74, 6) is -5.33. The van der Waals surface area contributed by atoms with E-state index >= 15 is 0 Å². The van der Waals surface area contributed by atoms with Crippen LogP contribution in [0.4, 0.5) is 0 Å². The third-order valence-electron chi connectivity index (χ3n) is 11.3. The van der Waals surface area contributed by atoms with Crippen molar-refractivity contribution < 1.29 is 38.7 Å². The maximum Gasteiger partial charge on any atom is 0.243 e. The maximum absolute atomic E-state index is 14.4. The van der Waals surface area contributed by atoms with Crippen LogP contribution in [0.5, 0.6) is 0 Å². The second-order valence-electron chi connectivity index (χ2n) is 16.1. The molecule has 2 aromatic carbocycles. The molecule has 62 heavy (non-hydrogen) atoms. The van der Waals surface area contributed by atoms with E-state index in [1.165, 1.54) is 4.90 Å². The zero-order valence-corrected chi connectivity index (χ0v) is 34.9. The first-order valence-electron chi connectivity index (χ1n) is 21.1. The molecule has 1 aromatic heterocycles. The molecule has 0 bridgehead atoms. The maximum atomic E-state index is 14.4. The second-order valence-corrected chi connectivity index (χ2v) is 16.1. The van der Waals surface area contributed by atoms with Crippen LogP contribution in [0, 0.1) is 11.3 Å². The van der Waals surface area contributed by atoms with Crippen LogP contribution in [-0.2, 0) is 46.4 Å². The number of hydrogen-bond acceptors (Lipinski definition) is 9. The summed E-state index contributed by atoms with van der Waals surface area (Å²) >= 11 is 0. The first-order valence-corrected chi connectivity index (χ1v) is 21.1. The van der Waals surface area contributed by atoms with Crippen molar-refractivity contribution in [2.24, 2.45) is 17.4 Å². The van der Waals surface area contributed by atoms with E-state index in [0.29, 0.717) is 24.0 Å². The summed E-state index contributed by atoms with van der Waals surface area (Å²) in [4.78, 5) is 100. The molecule has 13 N–H and O–H groups in total. The van der Waals surface area contributed by atoms with Gasteiger partial charge >= 0.3 is 0 Å². The van der Waals surface area contributed by atoms with Gasteiger partial charge in [-0.3, -0.25) is 39.0 Å². The number of carbonyl (C=O) groups excluding carboxylic acids is 7. The van der Waals surface area contributed by atoms with Gasteiger partial charge in [-0.1, -0.05) is 55.5 Å². The highest BCUT2D eigenvalue weighted by Crippen LogP contribution is 2.23. The zero-order valence-electron chi connectivity index (χ0n) is 34.9. The molecule has 19 heteroatoms. The highest BCUT2D eigenvalue weighted by atomic mass is 16.3. The average Bonchev–Trinajstić information content (AvgIpc) is 3.85. The Bertz CT molecular complexity index is 2080. The number of nitrogens with two attached hydrogens (primary N) is 2. The molecule has 0 aliphatic carbocycles. The summed E-state index contributed by atoms with van der Waals surface area (Å²) in [6.07, 6.45) is 2.07. The second kappa shape index (κ2) is 22.4. The Hall–Kier alpha value is -6.50. The fourth-order valence-electron chi connectivity index (χ4n) is 7.81. The number of fused-ring (bicyclic) bond motifs is 2. The summed E-state index contributed by atoms with van der Waals surface area (Å²) in [5, 5.41) is 35.6. The van der Waals surface area contributed by atoms with Gasteiger partial charge in [-0.25, -0.2) is 0 Å². The van der Waals surface area contributed by atoms with Crippen molar-refractivity contribution in [2.75, 3.05) is 19.6 Å². The molecular weight excluding hydrogens is 799 g/mol. The number of amides is 7. The molecule has 19 nitrogen and oxygen atoms in total. The monoisotopic (exact) mass is 857 g/mol. The van der Waals surface area contributed by atoms with Gasteiger partial charge in [-0.2, -0.15) is 0 Å². The zero-order chi connectivity index (χ0) is 44.8. The van der Waals surface area contributed by atoms with E-state index in [-0.39, 0.29) is 82.9 Å². The lowest BCUT2D eigenvalue weighted by molar-refractivity contribution is -0.142. The molecule has 0 saturated carbocycles. The highest BCUT2D eigenvalue weighted by molar-refractivity contribution is 5.97. The number of aliphatic hydroxyl groups is 1. The number of nitrogens with one attached hydrogen (secondary N) is 8. The van der Waals surface area contributed by atoms with Crippen molar-refractivity contribution in [2.45, 2.75) is 107 Å². The van der Waals surface area contributed by atoms with Crippen molar-refractivity contribution in [1.29, 1.82) is 5.41 Å². The van der Waals surface area contributed by atoms with Crippen LogP contribution in [0.3, 0.4) is 0 Å². The van der Waals surface area contributed by atoms with Crippen LogP contribution in [0.15, 0.2) is 60.8 Å². The molecule has 0 radical (unpaired) electrons. The van der Waals surface area contributed by atoms with Gasteiger partial charge in [-0.05, 0) is 55.7 Å². The number of benzene rings is 2. The van der Waals surface area contributed by atoms with Gasteiger partial charge in [0, 0.05) is 68.3 Å². The fraction of sp³-hybridized carbons (Fsp3) is 0.488. The Labute approximate surface area is 359 Å². The van der Waals surface area contributed by atoms with Gasteiger partial charge in [0.2, 0.25) is 41.4 Å². The van der Waals surface area contributed by atoms with Crippen LogP contribution in [0.25, 0.3) is 10.9 Å². The Morgan fingerprint density at radius 3 is 2.24 bits per heavy atom. The number of rotatable bonds is 9. The van der Waals surface area contributed by atoms with Crippen molar-refractivity contribution in [3.63, 3.8) is 0 Å². The Balaban J connectivity index is 1.49. The first kappa shape index (κ1) is 46.6. The lowest BCUT2D eigenvalue weighted by Crippen LogP contribution is -2.59. The summed E-state index contributed by atoms with van der Waals surface area (Å²) in [7, 11) is 0. The van der Waals surface area contributed by atoms with Gasteiger partial charge in [0.1, 0.15) is 30.2 Å². The molecular formula is C43H59N11O8. The Morgan fingerprint density at radius 2 is 1.50 bits per heavy atom. The number of H-pyrrole nitrogens is 1. The molecule has 7 amide bonds. The minimum Gasteiger partial charge on any atom is -0.391 e. The number of para-hydroxylation sites is 1. The SMILES string of the molecule is C[C@H]1CCC(=O)NCCCC[C@@H](C(N)=O)NC(=O)[C@H](Cc2c[nH]c3ccccc23)NC(=O)[C@H](CCCNC(=N)N)NC(=O)[C@@H](Cc2ccccc2)NC(=O)[C@@H]2C[C@@H](O)CN2C1=O. The van der Waals surface area contributed by atoms with E-state index in [2.05, 4.69) is 36.9 Å². The topological polar surface area (TPSA) is 307 Å². The average molecular weight is 858 g/mol. The first-order chi connectivity index (χ1) is 29.7. The smallest absolute Gasteiger partial charge is 0.243 e. The quantitative estimate of drug-likeness (QED) is 0.0732. The minimum atomic E-state index is -1.27. The summed E-state index contributed by atoms with van der Waals surface area (Å²) < 4.78 is 0. The lowest BCUT2D eigenvalue weighted by Gasteiger charge is -2.29. The van der Waals surface area contributed by atoms with Crippen molar-refractivity contribution in [1.82, 2.24) is 41.8 Å². The van der Waals surface area contributed by atoms with Gasteiger partial charge in [0.05, 0.1) is 6.10 Å². The Morgan fingerprint density at radius 1 is 0.839 bits per heavy atom. The molecule has 334 valence electrons. The molecule has 5 rings (SSSR count). The fourth-order valence-corrected chi connectivity index (χ4v) is 7.81. The normalized spacial score (nSPS) is 25.3. The van der Waals surface area contributed by atoms with Crippen molar-refractivity contribution >= 4 is 58.2 Å². The van der Waals surface area contributed by atoms with Crippen LogP contribution in [0.1, 0.15) is 69.4 Å². The van der Waals surface area contributed by atoms with E-state index in [1.54, 1.807) is 43.5 Å². The molecule has 2 saturated heterocycles. The van der Waals surface area contributed by atoms with Crippen molar-refractivity contribution in [3.8, 4) is 0 Å². The van der Waals surface area contributed by atoms with Gasteiger partial charge in [-0.15, -0.1) is 0 Å². The molecule has 7 atom stereocenters. The van der Waals surface area contributed by atoms with Crippen molar-refractivity contribution in [3.05, 3.63) is 71.9 Å². The van der Waals surface area contributed by atoms with Crippen LogP contribution >= 0.6 is 0 Å². The number of primary amides is 1. The summed E-state index contributed by atoms with van der Waals surface area (Å²) in [6.45, 7) is 1.97. The number of aromatic nitrogens is 1.